The lowest BCUT2D eigenvalue weighted by atomic mass is 10.0. The van der Waals surface area contributed by atoms with E-state index in [1.807, 2.05) is 35.2 Å². The van der Waals surface area contributed by atoms with Crippen molar-refractivity contribution in [1.29, 1.82) is 0 Å². The van der Waals surface area contributed by atoms with Crippen molar-refractivity contribution in [2.24, 2.45) is 5.73 Å². The van der Waals surface area contributed by atoms with Crippen LogP contribution in [-0.4, -0.2) is 28.2 Å². The predicted octanol–water partition coefficient (Wildman–Crippen LogP) is 3.78. The van der Waals surface area contributed by atoms with Crippen molar-refractivity contribution in [3.8, 4) is 11.3 Å². The van der Waals surface area contributed by atoms with Crippen LogP contribution in [0.1, 0.15) is 69.6 Å². The van der Waals surface area contributed by atoms with Crippen LogP contribution in [0.5, 0.6) is 0 Å². The molecule has 2 N–H and O–H groups in total. The van der Waals surface area contributed by atoms with E-state index in [1.165, 1.54) is 0 Å². The number of aromatic nitrogens is 1. The summed E-state index contributed by atoms with van der Waals surface area (Å²) in [5, 5.41) is 0. The molecule has 3 rings (SSSR count). The average Bonchev–Trinajstić information content (AvgIpc) is 3.29. The normalized spacial score (nSPS) is 16.9. The first-order valence-corrected chi connectivity index (χ1v) is 9.61. The molecule has 1 unspecified atom stereocenters. The van der Waals surface area contributed by atoms with E-state index in [1.54, 1.807) is 0 Å². The second-order valence-corrected chi connectivity index (χ2v) is 7.35. The summed E-state index contributed by atoms with van der Waals surface area (Å²) in [5.74, 6) is 1.32. The fourth-order valence-corrected chi connectivity index (χ4v) is 3.57. The quantitative estimate of drug-likeness (QED) is 0.804. The number of amides is 2. The number of likely N-dealkylation sites (tertiary alicyclic amines) is 1. The van der Waals surface area contributed by atoms with E-state index in [9.17, 15) is 9.59 Å². The summed E-state index contributed by atoms with van der Waals surface area (Å²) in [6, 6.07) is 9.85. The average molecular weight is 369 g/mol. The number of nitrogens with zero attached hydrogens (tertiary/aromatic N) is 2. The van der Waals surface area contributed by atoms with Gasteiger partial charge in [-0.1, -0.05) is 44.2 Å². The largest absolute Gasteiger partial charge is 0.442 e. The van der Waals surface area contributed by atoms with Gasteiger partial charge in [0.05, 0.1) is 0 Å². The minimum Gasteiger partial charge on any atom is -0.442 e. The Labute approximate surface area is 159 Å². The Kier molecular flexibility index (Phi) is 5.94. The van der Waals surface area contributed by atoms with Crippen molar-refractivity contribution >= 4 is 11.8 Å². The predicted molar refractivity (Wildman–Crippen MR) is 103 cm³/mol. The SMILES string of the molecule is CC(C)c1oc(C2CCCN2C(=O)CCCC(N)=O)nc1-c1ccccc1. The lowest BCUT2D eigenvalue weighted by Crippen LogP contribution is -2.30. The second-order valence-electron chi connectivity index (χ2n) is 7.35. The standard InChI is InChI=1S/C21H27N3O3/c1-14(2)20-19(15-8-4-3-5-9-15)23-21(27-20)16-10-7-13-24(16)18(26)12-6-11-17(22)25/h3-5,8-9,14,16H,6-7,10-13H2,1-2H3,(H2,22,25). The zero-order chi connectivity index (χ0) is 19.4. The van der Waals surface area contributed by atoms with Gasteiger partial charge in [-0.05, 0) is 19.3 Å². The van der Waals surface area contributed by atoms with Crippen LogP contribution in [0, 0.1) is 0 Å². The molecule has 2 aromatic rings. The van der Waals surface area contributed by atoms with Crippen LogP contribution in [0.4, 0.5) is 0 Å². The molecule has 0 radical (unpaired) electrons. The van der Waals surface area contributed by atoms with Crippen LogP contribution in [0.2, 0.25) is 0 Å². The van der Waals surface area contributed by atoms with Crippen LogP contribution < -0.4 is 5.73 Å². The Morgan fingerprint density at radius 2 is 2.00 bits per heavy atom. The van der Waals surface area contributed by atoms with Crippen LogP contribution in [0.15, 0.2) is 34.7 Å². The minimum atomic E-state index is -0.373. The summed E-state index contributed by atoms with van der Waals surface area (Å²) >= 11 is 0. The van der Waals surface area contributed by atoms with Gasteiger partial charge < -0.3 is 15.1 Å². The number of nitrogens with two attached hydrogens (primary N) is 1. The van der Waals surface area contributed by atoms with Crippen LogP contribution in [0.3, 0.4) is 0 Å². The third-order valence-corrected chi connectivity index (χ3v) is 4.91. The molecule has 1 atom stereocenters. The molecule has 27 heavy (non-hydrogen) atoms. The molecule has 1 aromatic carbocycles. The smallest absolute Gasteiger partial charge is 0.223 e. The Balaban J connectivity index is 1.82. The van der Waals surface area contributed by atoms with E-state index in [4.69, 9.17) is 15.1 Å². The van der Waals surface area contributed by atoms with Crippen molar-refractivity contribution in [2.45, 2.75) is 57.9 Å². The molecule has 0 spiro atoms. The summed E-state index contributed by atoms with van der Waals surface area (Å²) in [6.07, 6.45) is 2.80. The fourth-order valence-electron chi connectivity index (χ4n) is 3.57. The van der Waals surface area contributed by atoms with Crippen molar-refractivity contribution in [2.75, 3.05) is 6.54 Å². The molecule has 1 fully saturated rings. The number of rotatable bonds is 7. The van der Waals surface area contributed by atoms with Crippen LogP contribution in [-0.2, 0) is 9.59 Å². The summed E-state index contributed by atoms with van der Waals surface area (Å²) in [5.41, 5.74) is 7.04. The summed E-state index contributed by atoms with van der Waals surface area (Å²) < 4.78 is 6.16. The maximum atomic E-state index is 12.6. The number of carbonyl (C=O) groups excluding carboxylic acids is 2. The summed E-state index contributed by atoms with van der Waals surface area (Å²) in [4.78, 5) is 30.1. The van der Waals surface area contributed by atoms with E-state index < -0.39 is 0 Å². The lowest BCUT2D eigenvalue weighted by molar-refractivity contribution is -0.132. The van der Waals surface area contributed by atoms with Gasteiger partial charge in [-0.15, -0.1) is 0 Å². The molecule has 0 aliphatic carbocycles. The van der Waals surface area contributed by atoms with Gasteiger partial charge in [0.2, 0.25) is 17.7 Å². The summed E-state index contributed by atoms with van der Waals surface area (Å²) in [6.45, 7) is 4.86. The Bertz CT molecular complexity index is 798. The van der Waals surface area contributed by atoms with Gasteiger partial charge in [0.1, 0.15) is 17.5 Å². The van der Waals surface area contributed by atoms with Gasteiger partial charge in [0.25, 0.3) is 0 Å². The van der Waals surface area contributed by atoms with Crippen LogP contribution >= 0.6 is 0 Å². The minimum absolute atomic E-state index is 0.0318. The highest BCUT2D eigenvalue weighted by atomic mass is 16.4. The number of hydrogen-bond acceptors (Lipinski definition) is 4. The third kappa shape index (κ3) is 4.38. The van der Waals surface area contributed by atoms with E-state index in [0.717, 1.165) is 29.9 Å². The Morgan fingerprint density at radius 3 is 2.67 bits per heavy atom. The van der Waals surface area contributed by atoms with Gasteiger partial charge in [-0.25, -0.2) is 4.98 Å². The molecular formula is C21H27N3O3. The van der Waals surface area contributed by atoms with Crippen molar-refractivity contribution < 1.29 is 14.0 Å². The maximum Gasteiger partial charge on any atom is 0.223 e. The molecule has 6 nitrogen and oxygen atoms in total. The monoisotopic (exact) mass is 369 g/mol. The van der Waals surface area contributed by atoms with Gasteiger partial charge in [-0.3, -0.25) is 9.59 Å². The van der Waals surface area contributed by atoms with Crippen molar-refractivity contribution in [3.05, 3.63) is 42.0 Å². The van der Waals surface area contributed by atoms with Crippen LogP contribution in [0.25, 0.3) is 11.3 Å². The highest BCUT2D eigenvalue weighted by molar-refractivity contribution is 5.78. The van der Waals surface area contributed by atoms with E-state index in [-0.39, 0.29) is 30.2 Å². The van der Waals surface area contributed by atoms with E-state index >= 15 is 0 Å². The molecule has 1 aromatic heterocycles. The first kappa shape index (κ1) is 19.1. The molecule has 0 saturated carbocycles. The topological polar surface area (TPSA) is 89.4 Å². The molecular weight excluding hydrogens is 342 g/mol. The molecule has 6 heteroatoms. The lowest BCUT2D eigenvalue weighted by Gasteiger charge is -2.22. The number of carbonyl (C=O) groups is 2. The second kappa shape index (κ2) is 8.37. The van der Waals surface area contributed by atoms with Gasteiger partial charge in [0.15, 0.2) is 0 Å². The highest BCUT2D eigenvalue weighted by Crippen LogP contribution is 2.37. The molecule has 1 aliphatic rings. The molecule has 0 bridgehead atoms. The number of oxazole rings is 1. The number of primary amides is 1. The van der Waals surface area contributed by atoms with E-state index in [2.05, 4.69) is 13.8 Å². The first-order valence-electron chi connectivity index (χ1n) is 9.61. The number of hydrogen-bond donors (Lipinski definition) is 1. The molecule has 2 heterocycles. The number of benzene rings is 1. The molecule has 2 amide bonds. The highest BCUT2D eigenvalue weighted by Gasteiger charge is 2.34. The van der Waals surface area contributed by atoms with Gasteiger partial charge >= 0.3 is 0 Å². The molecule has 144 valence electrons. The zero-order valence-corrected chi connectivity index (χ0v) is 16.0. The first-order chi connectivity index (χ1) is 13.0. The molecule has 1 saturated heterocycles. The van der Waals surface area contributed by atoms with Crippen molar-refractivity contribution in [3.63, 3.8) is 0 Å². The van der Waals surface area contributed by atoms with Gasteiger partial charge in [0, 0.05) is 30.9 Å². The summed E-state index contributed by atoms with van der Waals surface area (Å²) in [7, 11) is 0. The third-order valence-electron chi connectivity index (χ3n) is 4.91. The maximum absolute atomic E-state index is 12.6. The van der Waals surface area contributed by atoms with E-state index in [0.29, 0.717) is 25.3 Å². The molecule has 1 aliphatic heterocycles. The Morgan fingerprint density at radius 1 is 1.26 bits per heavy atom. The fraction of sp³-hybridized carbons (Fsp3) is 0.476. The Hall–Kier alpha value is -2.63. The zero-order valence-electron chi connectivity index (χ0n) is 16.0. The van der Waals surface area contributed by atoms with Gasteiger partial charge in [-0.2, -0.15) is 0 Å². The van der Waals surface area contributed by atoms with Crippen molar-refractivity contribution in [1.82, 2.24) is 9.88 Å².